The summed E-state index contributed by atoms with van der Waals surface area (Å²) in [6.45, 7) is 6.18. The monoisotopic (exact) mass is 278 g/mol. The fraction of sp³-hybridized carbons (Fsp3) is 0.467. The first kappa shape index (κ1) is 16.0. The Balaban J connectivity index is 2.62. The van der Waals surface area contributed by atoms with Gasteiger partial charge in [0.2, 0.25) is 0 Å². The van der Waals surface area contributed by atoms with E-state index in [0.29, 0.717) is 6.54 Å². The van der Waals surface area contributed by atoms with Crippen molar-refractivity contribution in [3.05, 3.63) is 35.9 Å². The molecule has 5 nitrogen and oxygen atoms in total. The smallest absolute Gasteiger partial charge is 0.410 e. The van der Waals surface area contributed by atoms with Gasteiger partial charge in [0.15, 0.2) is 0 Å². The largest absolute Gasteiger partial charge is 0.444 e. The molecule has 0 fully saturated rings. The second-order valence-electron chi connectivity index (χ2n) is 5.46. The van der Waals surface area contributed by atoms with E-state index in [9.17, 15) is 4.79 Å². The molecule has 0 saturated carbocycles. The van der Waals surface area contributed by atoms with Gasteiger partial charge in [-0.2, -0.15) is 0 Å². The lowest BCUT2D eigenvalue weighted by molar-refractivity contribution is 0.0282. The van der Waals surface area contributed by atoms with E-state index >= 15 is 0 Å². The minimum Gasteiger partial charge on any atom is -0.444 e. The summed E-state index contributed by atoms with van der Waals surface area (Å²) >= 11 is 0. The maximum Gasteiger partial charge on any atom is 0.410 e. The van der Waals surface area contributed by atoms with Crippen molar-refractivity contribution in [2.75, 3.05) is 13.1 Å². The summed E-state index contributed by atoms with van der Waals surface area (Å²) in [6, 6.07) is 9.89. The van der Waals surface area contributed by atoms with Gasteiger partial charge in [-0.25, -0.2) is 4.79 Å². The van der Waals surface area contributed by atoms with Gasteiger partial charge < -0.3 is 14.8 Å². The van der Waals surface area contributed by atoms with E-state index in [1.807, 2.05) is 51.1 Å². The van der Waals surface area contributed by atoms with E-state index in [0.717, 1.165) is 12.0 Å². The molecule has 0 heterocycles. The van der Waals surface area contributed by atoms with Gasteiger partial charge in [-0.15, -0.1) is 5.16 Å². The molecule has 0 spiro atoms. The number of ether oxygens (including phenoxy) is 1. The molecule has 0 aliphatic heterocycles. The van der Waals surface area contributed by atoms with Gasteiger partial charge in [0.25, 0.3) is 0 Å². The van der Waals surface area contributed by atoms with Crippen molar-refractivity contribution in [1.82, 2.24) is 4.90 Å². The summed E-state index contributed by atoms with van der Waals surface area (Å²) < 4.78 is 5.33. The molecule has 1 rings (SSSR count). The molecule has 110 valence electrons. The van der Waals surface area contributed by atoms with Gasteiger partial charge in [0, 0.05) is 6.54 Å². The molecule has 5 heteroatoms. The lowest BCUT2D eigenvalue weighted by atomic mass is 10.1. The van der Waals surface area contributed by atoms with Gasteiger partial charge in [0.05, 0.1) is 12.8 Å². The topological polar surface area (TPSA) is 62.1 Å². The van der Waals surface area contributed by atoms with Crippen LogP contribution in [-0.4, -0.2) is 41.1 Å². The molecule has 1 N–H and O–H groups in total. The second-order valence-corrected chi connectivity index (χ2v) is 5.46. The second kappa shape index (κ2) is 7.53. The lowest BCUT2D eigenvalue weighted by Gasteiger charge is -2.26. The molecule has 1 amide bonds. The van der Waals surface area contributed by atoms with Crippen LogP contribution in [0.3, 0.4) is 0 Å². The standard InChI is InChI=1S/C15H22N2O3/c1-15(2,3)20-14(18)17(12-10-16-19)11-9-13-7-5-4-6-8-13/h4-8,10,19H,9,11-12H2,1-3H3. The SMILES string of the molecule is CC(C)(C)OC(=O)N(CC=NO)CCc1ccccc1. The van der Waals surface area contributed by atoms with Gasteiger partial charge in [-0.1, -0.05) is 30.3 Å². The average molecular weight is 278 g/mol. The van der Waals surface area contributed by atoms with Crippen molar-refractivity contribution in [3.63, 3.8) is 0 Å². The molecule has 0 bridgehead atoms. The summed E-state index contributed by atoms with van der Waals surface area (Å²) in [5.41, 5.74) is 0.598. The third-order valence-electron chi connectivity index (χ3n) is 2.55. The molecule has 0 saturated heterocycles. The number of rotatable bonds is 5. The zero-order valence-electron chi connectivity index (χ0n) is 12.2. The number of nitrogens with zero attached hydrogens (tertiary/aromatic N) is 2. The number of carbonyl (C=O) groups excluding carboxylic acids is 1. The Hall–Kier alpha value is -2.04. The normalized spacial score (nSPS) is 11.6. The molecule has 0 unspecified atom stereocenters. The Bertz CT molecular complexity index is 438. The van der Waals surface area contributed by atoms with Crippen molar-refractivity contribution < 1.29 is 14.7 Å². The van der Waals surface area contributed by atoms with Crippen LogP contribution < -0.4 is 0 Å². The Morgan fingerprint density at radius 2 is 2.00 bits per heavy atom. The fourth-order valence-electron chi connectivity index (χ4n) is 1.63. The van der Waals surface area contributed by atoms with Crippen molar-refractivity contribution >= 4 is 12.3 Å². The third kappa shape index (κ3) is 6.22. The molecule has 20 heavy (non-hydrogen) atoms. The van der Waals surface area contributed by atoms with E-state index in [2.05, 4.69) is 5.16 Å². The quantitative estimate of drug-likeness (QED) is 0.512. The van der Waals surface area contributed by atoms with Crippen LogP contribution in [0.2, 0.25) is 0 Å². The molecular weight excluding hydrogens is 256 g/mol. The molecule has 1 aromatic rings. The predicted molar refractivity (Wildman–Crippen MR) is 78.2 cm³/mol. The summed E-state index contributed by atoms with van der Waals surface area (Å²) in [5, 5.41) is 11.4. The van der Waals surface area contributed by atoms with Crippen LogP contribution in [0.15, 0.2) is 35.5 Å². The van der Waals surface area contributed by atoms with Crippen LogP contribution >= 0.6 is 0 Å². The van der Waals surface area contributed by atoms with Crippen molar-refractivity contribution in [2.24, 2.45) is 5.16 Å². The predicted octanol–water partition coefficient (Wildman–Crippen LogP) is 2.93. The van der Waals surface area contributed by atoms with E-state index in [1.165, 1.54) is 11.1 Å². The highest BCUT2D eigenvalue weighted by molar-refractivity contribution is 5.73. The number of oxime groups is 1. The summed E-state index contributed by atoms with van der Waals surface area (Å²) in [6.07, 6.45) is 1.59. The number of hydrogen-bond acceptors (Lipinski definition) is 4. The van der Waals surface area contributed by atoms with Crippen LogP contribution in [0.1, 0.15) is 26.3 Å². The number of amides is 1. The van der Waals surface area contributed by atoms with Crippen LogP contribution in [0, 0.1) is 0 Å². The molecule has 0 radical (unpaired) electrons. The Labute approximate surface area is 119 Å². The summed E-state index contributed by atoms with van der Waals surface area (Å²) in [4.78, 5) is 13.6. The van der Waals surface area contributed by atoms with Gasteiger partial charge in [0.1, 0.15) is 5.60 Å². The minimum atomic E-state index is -0.543. The zero-order chi connectivity index (χ0) is 15.0. The Morgan fingerprint density at radius 1 is 1.35 bits per heavy atom. The molecule has 0 aliphatic rings. The van der Waals surface area contributed by atoms with Crippen LogP contribution in [-0.2, 0) is 11.2 Å². The average Bonchev–Trinajstić information content (AvgIpc) is 2.38. The summed E-state index contributed by atoms with van der Waals surface area (Å²) in [7, 11) is 0. The van der Waals surface area contributed by atoms with E-state index in [1.54, 1.807) is 0 Å². The fourth-order valence-corrected chi connectivity index (χ4v) is 1.63. The first-order chi connectivity index (χ1) is 9.42. The first-order valence-corrected chi connectivity index (χ1v) is 6.60. The van der Waals surface area contributed by atoms with Gasteiger partial charge in [-0.05, 0) is 32.8 Å². The molecule has 1 aromatic carbocycles. The highest BCUT2D eigenvalue weighted by Gasteiger charge is 2.21. The number of benzene rings is 1. The van der Waals surface area contributed by atoms with E-state index in [-0.39, 0.29) is 6.54 Å². The molecule has 0 aromatic heterocycles. The number of hydrogen-bond donors (Lipinski definition) is 1. The van der Waals surface area contributed by atoms with Crippen molar-refractivity contribution in [3.8, 4) is 0 Å². The van der Waals surface area contributed by atoms with Crippen molar-refractivity contribution in [2.45, 2.75) is 32.8 Å². The lowest BCUT2D eigenvalue weighted by Crippen LogP contribution is -2.39. The van der Waals surface area contributed by atoms with Crippen LogP contribution in [0.25, 0.3) is 0 Å². The summed E-state index contributed by atoms with van der Waals surface area (Å²) in [5.74, 6) is 0. The minimum absolute atomic E-state index is 0.220. The zero-order valence-corrected chi connectivity index (χ0v) is 12.2. The Kier molecular flexibility index (Phi) is 6.03. The van der Waals surface area contributed by atoms with Crippen LogP contribution in [0.4, 0.5) is 4.79 Å². The Morgan fingerprint density at radius 3 is 2.55 bits per heavy atom. The van der Waals surface area contributed by atoms with E-state index in [4.69, 9.17) is 9.94 Å². The molecule has 0 aliphatic carbocycles. The first-order valence-electron chi connectivity index (χ1n) is 6.60. The van der Waals surface area contributed by atoms with Crippen LogP contribution in [0.5, 0.6) is 0 Å². The van der Waals surface area contributed by atoms with Gasteiger partial charge in [-0.3, -0.25) is 0 Å². The maximum atomic E-state index is 12.0. The highest BCUT2D eigenvalue weighted by atomic mass is 16.6. The highest BCUT2D eigenvalue weighted by Crippen LogP contribution is 2.10. The molecular formula is C15H22N2O3. The molecule has 0 atom stereocenters. The third-order valence-corrected chi connectivity index (χ3v) is 2.55. The van der Waals surface area contributed by atoms with E-state index < -0.39 is 11.7 Å². The van der Waals surface area contributed by atoms with Crippen molar-refractivity contribution in [1.29, 1.82) is 0 Å². The van der Waals surface area contributed by atoms with Gasteiger partial charge >= 0.3 is 6.09 Å². The number of carbonyl (C=O) groups is 1. The maximum absolute atomic E-state index is 12.0.